The SMILES string of the molecule is Cc1cc(S(=O)(=O)NNC(=O)CC23CC4CC(CC(C4)C2)C3)ccc1Br. The number of hydrazine groups is 1. The molecule has 2 N–H and O–H groups in total. The summed E-state index contributed by atoms with van der Waals surface area (Å²) in [6, 6.07) is 4.80. The quantitative estimate of drug-likeness (QED) is 0.685. The first-order valence-corrected chi connectivity index (χ1v) is 11.6. The number of hydrogen-bond donors (Lipinski definition) is 2. The van der Waals surface area contributed by atoms with Gasteiger partial charge in [0.15, 0.2) is 0 Å². The molecule has 142 valence electrons. The minimum absolute atomic E-state index is 0.0957. The van der Waals surface area contributed by atoms with Crippen LogP contribution < -0.4 is 10.3 Å². The van der Waals surface area contributed by atoms with Gasteiger partial charge in [0.25, 0.3) is 10.0 Å². The Morgan fingerprint density at radius 2 is 1.73 bits per heavy atom. The van der Waals surface area contributed by atoms with E-state index in [1.807, 2.05) is 6.92 Å². The van der Waals surface area contributed by atoms with E-state index >= 15 is 0 Å². The second kappa shape index (κ2) is 6.60. The van der Waals surface area contributed by atoms with Gasteiger partial charge in [0.05, 0.1) is 4.90 Å². The zero-order valence-electron chi connectivity index (χ0n) is 14.9. The van der Waals surface area contributed by atoms with Crippen molar-refractivity contribution >= 4 is 31.9 Å². The van der Waals surface area contributed by atoms with Crippen LogP contribution in [0.3, 0.4) is 0 Å². The third kappa shape index (κ3) is 3.58. The Bertz CT molecular complexity index is 802. The number of nitrogens with one attached hydrogen (secondary N) is 2. The second-order valence-electron chi connectivity index (χ2n) is 8.66. The van der Waals surface area contributed by atoms with Gasteiger partial charge in [0.1, 0.15) is 0 Å². The van der Waals surface area contributed by atoms with Gasteiger partial charge < -0.3 is 0 Å². The Balaban J connectivity index is 1.39. The van der Waals surface area contributed by atoms with E-state index in [1.54, 1.807) is 12.1 Å². The lowest BCUT2D eigenvalue weighted by Crippen LogP contribution is -2.50. The lowest BCUT2D eigenvalue weighted by atomic mass is 9.49. The van der Waals surface area contributed by atoms with Crippen molar-refractivity contribution in [3.63, 3.8) is 0 Å². The third-order valence-corrected chi connectivity index (χ3v) is 8.60. The lowest BCUT2D eigenvalue weighted by Gasteiger charge is -2.56. The number of carbonyl (C=O) groups is 1. The van der Waals surface area contributed by atoms with Gasteiger partial charge in [-0.2, -0.15) is 0 Å². The van der Waals surface area contributed by atoms with Gasteiger partial charge in [-0.3, -0.25) is 10.2 Å². The fourth-order valence-electron chi connectivity index (χ4n) is 5.86. The molecule has 7 heteroatoms. The number of amides is 1. The fraction of sp³-hybridized carbons (Fsp3) is 0.632. The van der Waals surface area contributed by atoms with Crippen LogP contribution in [-0.4, -0.2) is 14.3 Å². The summed E-state index contributed by atoms with van der Waals surface area (Å²) >= 11 is 3.36. The number of sulfonamides is 1. The minimum atomic E-state index is -3.76. The standard InChI is InChI=1S/C19H25BrN2O3S/c1-12-4-16(2-3-17(12)20)26(24,25)22-21-18(23)11-19-8-13-5-14(9-19)7-15(6-13)10-19/h2-4,13-15,22H,5-11H2,1H3,(H,21,23). The number of benzene rings is 1. The van der Waals surface area contributed by atoms with Gasteiger partial charge >= 0.3 is 0 Å². The second-order valence-corrected chi connectivity index (χ2v) is 11.2. The van der Waals surface area contributed by atoms with E-state index in [1.165, 1.54) is 25.3 Å². The molecule has 1 aromatic carbocycles. The Labute approximate surface area is 163 Å². The molecule has 4 fully saturated rings. The highest BCUT2D eigenvalue weighted by Gasteiger charge is 2.51. The largest absolute Gasteiger partial charge is 0.278 e. The smallest absolute Gasteiger partial charge is 0.257 e. The Kier molecular flexibility index (Phi) is 4.68. The Morgan fingerprint density at radius 1 is 1.15 bits per heavy atom. The number of hydrogen-bond acceptors (Lipinski definition) is 3. The highest BCUT2D eigenvalue weighted by atomic mass is 79.9. The van der Waals surface area contributed by atoms with Crippen molar-refractivity contribution in [2.75, 3.05) is 0 Å². The Hall–Kier alpha value is -0.920. The van der Waals surface area contributed by atoms with Crippen molar-refractivity contribution in [2.45, 2.75) is 56.8 Å². The van der Waals surface area contributed by atoms with Gasteiger partial charge in [-0.05, 0) is 92.4 Å². The molecular formula is C19H25BrN2O3S. The number of carbonyl (C=O) groups excluding carboxylic acids is 1. The minimum Gasteiger partial charge on any atom is -0.278 e. The molecule has 0 atom stereocenters. The molecule has 5 nitrogen and oxygen atoms in total. The van der Waals surface area contributed by atoms with Crippen molar-refractivity contribution in [1.82, 2.24) is 10.3 Å². The van der Waals surface area contributed by atoms with Crippen LogP contribution in [0.5, 0.6) is 0 Å². The zero-order valence-corrected chi connectivity index (χ0v) is 17.3. The van der Waals surface area contributed by atoms with E-state index in [0.717, 1.165) is 47.1 Å². The molecule has 0 spiro atoms. The maximum absolute atomic E-state index is 12.5. The van der Waals surface area contributed by atoms with E-state index in [9.17, 15) is 13.2 Å². The van der Waals surface area contributed by atoms with Crippen LogP contribution in [0.4, 0.5) is 0 Å². The van der Waals surface area contributed by atoms with Crippen LogP contribution >= 0.6 is 15.9 Å². The molecule has 4 saturated carbocycles. The molecule has 0 unspecified atom stereocenters. The number of rotatable bonds is 5. The predicted molar refractivity (Wildman–Crippen MR) is 103 cm³/mol. The van der Waals surface area contributed by atoms with Crippen LogP contribution in [0, 0.1) is 30.1 Å². The molecule has 1 amide bonds. The zero-order chi connectivity index (χ0) is 18.5. The molecular weight excluding hydrogens is 416 g/mol. The van der Waals surface area contributed by atoms with E-state index in [4.69, 9.17) is 0 Å². The summed E-state index contributed by atoms with van der Waals surface area (Å²) in [6.07, 6.45) is 7.81. The average Bonchev–Trinajstić information content (AvgIpc) is 2.54. The van der Waals surface area contributed by atoms with Crippen molar-refractivity contribution in [3.05, 3.63) is 28.2 Å². The molecule has 4 bridgehead atoms. The predicted octanol–water partition coefficient (Wildman–Crippen LogP) is 3.67. The summed E-state index contributed by atoms with van der Waals surface area (Å²) in [6.45, 7) is 1.83. The van der Waals surface area contributed by atoms with Gasteiger partial charge in [-0.1, -0.05) is 15.9 Å². The van der Waals surface area contributed by atoms with Gasteiger partial charge in [-0.25, -0.2) is 8.42 Å². The monoisotopic (exact) mass is 440 g/mol. The maximum Gasteiger partial charge on any atom is 0.257 e. The van der Waals surface area contributed by atoms with Gasteiger partial charge in [-0.15, -0.1) is 4.83 Å². The van der Waals surface area contributed by atoms with E-state index < -0.39 is 10.0 Å². The van der Waals surface area contributed by atoms with E-state index in [2.05, 4.69) is 26.2 Å². The number of aryl methyl sites for hydroxylation is 1. The molecule has 0 aromatic heterocycles. The third-order valence-electron chi connectivity index (χ3n) is 6.47. The molecule has 0 saturated heterocycles. The molecule has 5 rings (SSSR count). The van der Waals surface area contributed by atoms with Crippen molar-refractivity contribution in [2.24, 2.45) is 23.2 Å². The molecule has 26 heavy (non-hydrogen) atoms. The summed E-state index contributed by atoms with van der Waals surface area (Å²) in [5.74, 6) is 2.11. The summed E-state index contributed by atoms with van der Waals surface area (Å²) < 4.78 is 25.7. The van der Waals surface area contributed by atoms with Crippen LogP contribution in [0.15, 0.2) is 27.6 Å². The molecule has 0 heterocycles. The van der Waals surface area contributed by atoms with E-state index in [-0.39, 0.29) is 16.2 Å². The maximum atomic E-state index is 12.5. The molecule has 0 aliphatic heterocycles. The molecule has 4 aliphatic rings. The van der Waals surface area contributed by atoms with Gasteiger partial charge in [0.2, 0.25) is 5.91 Å². The van der Waals surface area contributed by atoms with Crippen molar-refractivity contribution in [3.8, 4) is 0 Å². The Morgan fingerprint density at radius 3 is 2.27 bits per heavy atom. The summed E-state index contributed by atoms with van der Waals surface area (Å²) in [5, 5.41) is 0. The topological polar surface area (TPSA) is 75.3 Å². The summed E-state index contributed by atoms with van der Waals surface area (Å²) in [7, 11) is -3.76. The molecule has 1 aromatic rings. The average molecular weight is 441 g/mol. The molecule has 0 radical (unpaired) electrons. The van der Waals surface area contributed by atoms with Crippen molar-refractivity contribution < 1.29 is 13.2 Å². The normalized spacial score (nSPS) is 32.6. The van der Waals surface area contributed by atoms with E-state index in [0.29, 0.717) is 6.42 Å². The first-order valence-electron chi connectivity index (χ1n) is 9.31. The highest BCUT2D eigenvalue weighted by Crippen LogP contribution is 2.61. The lowest BCUT2D eigenvalue weighted by molar-refractivity contribution is -0.129. The first-order chi connectivity index (χ1) is 12.2. The van der Waals surface area contributed by atoms with Crippen LogP contribution in [0.25, 0.3) is 0 Å². The van der Waals surface area contributed by atoms with Crippen LogP contribution in [-0.2, 0) is 14.8 Å². The summed E-state index contributed by atoms with van der Waals surface area (Å²) in [5.41, 5.74) is 3.36. The van der Waals surface area contributed by atoms with Crippen LogP contribution in [0.2, 0.25) is 0 Å². The number of halogens is 1. The van der Waals surface area contributed by atoms with Crippen LogP contribution in [0.1, 0.15) is 50.5 Å². The highest BCUT2D eigenvalue weighted by molar-refractivity contribution is 9.10. The fourth-order valence-corrected chi connectivity index (χ4v) is 7.05. The van der Waals surface area contributed by atoms with Crippen molar-refractivity contribution in [1.29, 1.82) is 0 Å². The summed E-state index contributed by atoms with van der Waals surface area (Å²) in [4.78, 5) is 14.9. The first kappa shape index (κ1) is 18.4. The molecule has 4 aliphatic carbocycles. The van der Waals surface area contributed by atoms with Gasteiger partial charge in [0, 0.05) is 10.9 Å².